The second-order valence-corrected chi connectivity index (χ2v) is 5.84. The summed E-state index contributed by atoms with van der Waals surface area (Å²) in [6, 6.07) is 5.86. The van der Waals surface area contributed by atoms with Crippen LogP contribution in [0.4, 0.5) is 0 Å². The van der Waals surface area contributed by atoms with Crippen molar-refractivity contribution in [1.29, 1.82) is 0 Å². The van der Waals surface area contributed by atoms with Gasteiger partial charge in [0.1, 0.15) is 5.75 Å². The molecule has 4 heteroatoms. The van der Waals surface area contributed by atoms with Crippen LogP contribution in [-0.4, -0.2) is 19.3 Å². The number of benzene rings is 1. The van der Waals surface area contributed by atoms with Gasteiger partial charge in [0.25, 0.3) is 0 Å². The highest BCUT2D eigenvalue weighted by molar-refractivity contribution is 9.09. The summed E-state index contributed by atoms with van der Waals surface area (Å²) in [5, 5.41) is 0.635. The Labute approximate surface area is 115 Å². The number of rotatable bonds is 3. The van der Waals surface area contributed by atoms with E-state index in [9.17, 15) is 0 Å². The van der Waals surface area contributed by atoms with E-state index in [-0.39, 0.29) is 10.4 Å². The lowest BCUT2D eigenvalue weighted by atomic mass is 9.93. The fourth-order valence-corrected chi connectivity index (χ4v) is 3.11. The molecule has 1 aromatic rings. The molecule has 1 fully saturated rings. The first-order valence-electron chi connectivity index (χ1n) is 5.68. The number of alkyl halides is 1. The van der Waals surface area contributed by atoms with Crippen LogP contribution >= 0.6 is 27.5 Å². The van der Waals surface area contributed by atoms with Crippen molar-refractivity contribution in [2.75, 3.05) is 13.7 Å². The number of methoxy groups -OCH3 is 1. The van der Waals surface area contributed by atoms with Crippen LogP contribution in [0.2, 0.25) is 5.02 Å². The average molecular weight is 320 g/mol. The molecule has 0 radical (unpaired) electrons. The first-order valence-corrected chi connectivity index (χ1v) is 6.97. The number of hydrogen-bond acceptors (Lipinski definition) is 2. The van der Waals surface area contributed by atoms with Gasteiger partial charge in [0, 0.05) is 6.61 Å². The molecule has 0 N–H and O–H groups in total. The van der Waals surface area contributed by atoms with Crippen molar-refractivity contribution in [2.45, 2.75) is 30.2 Å². The van der Waals surface area contributed by atoms with Crippen molar-refractivity contribution in [1.82, 2.24) is 0 Å². The lowest BCUT2D eigenvalue weighted by Crippen LogP contribution is -2.28. The SMILES string of the molecule is COc1ccc(C(Br)C2(C)CCCO2)cc1Cl. The summed E-state index contributed by atoms with van der Waals surface area (Å²) in [6.45, 7) is 2.97. The first kappa shape index (κ1) is 13.2. The van der Waals surface area contributed by atoms with Crippen molar-refractivity contribution >= 4 is 27.5 Å². The number of halogens is 2. The van der Waals surface area contributed by atoms with Crippen LogP contribution in [0.25, 0.3) is 0 Å². The zero-order valence-corrected chi connectivity index (χ0v) is 12.3. The van der Waals surface area contributed by atoms with Crippen molar-refractivity contribution in [2.24, 2.45) is 0 Å². The van der Waals surface area contributed by atoms with Crippen molar-refractivity contribution in [3.05, 3.63) is 28.8 Å². The van der Waals surface area contributed by atoms with E-state index in [0.29, 0.717) is 10.8 Å². The molecule has 1 heterocycles. The molecule has 0 aromatic heterocycles. The van der Waals surface area contributed by atoms with Crippen LogP contribution in [0.15, 0.2) is 18.2 Å². The van der Waals surface area contributed by atoms with Crippen LogP contribution in [0.3, 0.4) is 0 Å². The van der Waals surface area contributed by atoms with E-state index in [4.69, 9.17) is 21.1 Å². The zero-order chi connectivity index (χ0) is 12.5. The van der Waals surface area contributed by atoms with Gasteiger partial charge in [0.15, 0.2) is 0 Å². The smallest absolute Gasteiger partial charge is 0.137 e. The quantitative estimate of drug-likeness (QED) is 0.771. The fraction of sp³-hybridized carbons (Fsp3) is 0.538. The third-order valence-corrected chi connectivity index (χ3v) is 5.05. The predicted octanol–water partition coefficient (Wildman–Crippen LogP) is 4.35. The molecule has 0 saturated carbocycles. The molecule has 1 aliphatic heterocycles. The second kappa shape index (κ2) is 5.17. The highest BCUT2D eigenvalue weighted by Crippen LogP contribution is 2.44. The maximum absolute atomic E-state index is 6.14. The van der Waals surface area contributed by atoms with Crippen LogP contribution < -0.4 is 4.74 Å². The van der Waals surface area contributed by atoms with Gasteiger partial charge in [-0.3, -0.25) is 0 Å². The summed E-state index contributed by atoms with van der Waals surface area (Å²) < 4.78 is 11.0. The molecular formula is C13H16BrClO2. The second-order valence-electron chi connectivity index (χ2n) is 4.52. The largest absolute Gasteiger partial charge is 0.495 e. The Morgan fingerprint density at radius 3 is 2.82 bits per heavy atom. The molecule has 0 aliphatic carbocycles. The van der Waals surface area contributed by atoms with Gasteiger partial charge in [0.2, 0.25) is 0 Å². The van der Waals surface area contributed by atoms with E-state index in [1.165, 1.54) is 0 Å². The van der Waals surface area contributed by atoms with E-state index in [1.54, 1.807) is 7.11 Å². The Hall–Kier alpha value is -0.250. The Kier molecular flexibility index (Phi) is 4.01. The number of ether oxygens (including phenoxy) is 2. The molecule has 1 aliphatic rings. The van der Waals surface area contributed by atoms with E-state index in [1.807, 2.05) is 18.2 Å². The molecule has 94 valence electrons. The maximum Gasteiger partial charge on any atom is 0.137 e. The summed E-state index contributed by atoms with van der Waals surface area (Å²) in [7, 11) is 1.62. The minimum Gasteiger partial charge on any atom is -0.495 e. The number of hydrogen-bond donors (Lipinski definition) is 0. The minimum atomic E-state index is -0.141. The summed E-state index contributed by atoms with van der Waals surface area (Å²) >= 11 is 9.86. The van der Waals surface area contributed by atoms with Gasteiger partial charge >= 0.3 is 0 Å². The van der Waals surface area contributed by atoms with E-state index in [0.717, 1.165) is 25.0 Å². The summed E-state index contributed by atoms with van der Waals surface area (Å²) in [5.41, 5.74) is 0.984. The Balaban J connectivity index is 2.25. The van der Waals surface area contributed by atoms with Gasteiger partial charge < -0.3 is 9.47 Å². The molecule has 1 aromatic carbocycles. The highest BCUT2D eigenvalue weighted by atomic mass is 79.9. The van der Waals surface area contributed by atoms with Crippen molar-refractivity contribution in [3.63, 3.8) is 0 Å². The predicted molar refractivity (Wildman–Crippen MR) is 73.3 cm³/mol. The first-order chi connectivity index (χ1) is 8.07. The summed E-state index contributed by atoms with van der Waals surface area (Å²) in [6.07, 6.45) is 2.18. The van der Waals surface area contributed by atoms with Gasteiger partial charge in [-0.15, -0.1) is 0 Å². The summed E-state index contributed by atoms with van der Waals surface area (Å²) in [4.78, 5) is 0.154. The molecular weight excluding hydrogens is 303 g/mol. The topological polar surface area (TPSA) is 18.5 Å². The lowest BCUT2D eigenvalue weighted by molar-refractivity contribution is 0.0197. The lowest BCUT2D eigenvalue weighted by Gasteiger charge is -2.29. The molecule has 2 unspecified atom stereocenters. The molecule has 0 spiro atoms. The molecule has 0 bridgehead atoms. The molecule has 1 saturated heterocycles. The van der Waals surface area contributed by atoms with E-state index in [2.05, 4.69) is 22.9 Å². The standard InChI is InChI=1S/C13H16BrClO2/c1-13(6-3-7-17-13)12(14)9-4-5-11(16-2)10(15)8-9/h4-5,8,12H,3,6-7H2,1-2H3. The summed E-state index contributed by atoms with van der Waals surface area (Å²) in [5.74, 6) is 0.701. The van der Waals surface area contributed by atoms with Crippen LogP contribution in [0.1, 0.15) is 30.2 Å². The third kappa shape index (κ3) is 2.61. The molecule has 2 rings (SSSR count). The van der Waals surface area contributed by atoms with Crippen molar-refractivity contribution < 1.29 is 9.47 Å². The maximum atomic E-state index is 6.14. The average Bonchev–Trinajstić information content (AvgIpc) is 2.76. The van der Waals surface area contributed by atoms with Gasteiger partial charge in [0.05, 0.1) is 22.6 Å². The van der Waals surface area contributed by atoms with E-state index < -0.39 is 0 Å². The monoisotopic (exact) mass is 318 g/mol. The molecule has 2 nitrogen and oxygen atoms in total. The van der Waals surface area contributed by atoms with Gasteiger partial charge in [-0.05, 0) is 37.5 Å². The Morgan fingerprint density at radius 2 is 2.29 bits per heavy atom. The highest BCUT2D eigenvalue weighted by Gasteiger charge is 2.37. The van der Waals surface area contributed by atoms with Crippen LogP contribution in [0, 0.1) is 0 Å². The molecule has 0 amide bonds. The van der Waals surface area contributed by atoms with Gasteiger partial charge in [-0.25, -0.2) is 0 Å². The van der Waals surface area contributed by atoms with Crippen LogP contribution in [-0.2, 0) is 4.74 Å². The van der Waals surface area contributed by atoms with E-state index >= 15 is 0 Å². The molecule has 2 atom stereocenters. The zero-order valence-electron chi connectivity index (χ0n) is 10.0. The Morgan fingerprint density at radius 1 is 1.53 bits per heavy atom. The fourth-order valence-electron chi connectivity index (χ4n) is 2.19. The van der Waals surface area contributed by atoms with Crippen molar-refractivity contribution in [3.8, 4) is 5.75 Å². The third-order valence-electron chi connectivity index (χ3n) is 3.25. The normalized spacial score (nSPS) is 25.9. The minimum absolute atomic E-state index is 0.141. The van der Waals surface area contributed by atoms with Gasteiger partial charge in [-0.1, -0.05) is 33.6 Å². The Bertz CT molecular complexity index is 402. The van der Waals surface area contributed by atoms with Crippen LogP contribution in [0.5, 0.6) is 5.75 Å². The van der Waals surface area contributed by atoms with Gasteiger partial charge in [-0.2, -0.15) is 0 Å². The molecule has 17 heavy (non-hydrogen) atoms.